The van der Waals surface area contributed by atoms with Gasteiger partial charge in [0.05, 0.1) is 29.7 Å². The summed E-state index contributed by atoms with van der Waals surface area (Å²) >= 11 is 9.08. The fourth-order valence-corrected chi connectivity index (χ4v) is 3.69. The van der Waals surface area contributed by atoms with E-state index in [-0.39, 0.29) is 17.2 Å². The van der Waals surface area contributed by atoms with E-state index in [1.807, 2.05) is 0 Å². The van der Waals surface area contributed by atoms with Crippen molar-refractivity contribution in [1.29, 1.82) is 0 Å². The number of anilines is 1. The minimum absolute atomic E-state index is 0.0611. The molecular weight excluding hydrogens is 474 g/mol. The van der Waals surface area contributed by atoms with Gasteiger partial charge in [0.1, 0.15) is 6.54 Å². The Morgan fingerprint density at radius 2 is 2.11 bits per heavy atom. The standard InChI is InChI=1S/C17H17BrClN3O5S/c1-27-15-7-11(6-14(18)17(15)24)9-20-21-16(23)10-22(28(2,25)26)13-5-3-4-12(19)8-13/h3-9,24H,10H2,1-2H3,(H,21,23)/b20-9-. The Morgan fingerprint density at radius 3 is 2.71 bits per heavy atom. The molecule has 0 heterocycles. The molecule has 0 spiro atoms. The van der Waals surface area contributed by atoms with Crippen molar-refractivity contribution in [3.63, 3.8) is 0 Å². The number of hydrazone groups is 1. The number of aromatic hydroxyl groups is 1. The van der Waals surface area contributed by atoms with E-state index in [1.54, 1.807) is 18.2 Å². The zero-order valence-corrected chi connectivity index (χ0v) is 18.0. The first-order valence-corrected chi connectivity index (χ1v) is 10.8. The van der Waals surface area contributed by atoms with E-state index in [2.05, 4.69) is 26.5 Å². The molecule has 2 N–H and O–H groups in total. The highest BCUT2D eigenvalue weighted by Gasteiger charge is 2.20. The summed E-state index contributed by atoms with van der Waals surface area (Å²) in [6, 6.07) is 9.25. The van der Waals surface area contributed by atoms with E-state index in [0.29, 0.717) is 15.1 Å². The van der Waals surface area contributed by atoms with Crippen molar-refractivity contribution in [2.45, 2.75) is 0 Å². The van der Waals surface area contributed by atoms with Crippen molar-refractivity contribution in [3.05, 3.63) is 51.5 Å². The number of carbonyl (C=O) groups excluding carboxylic acids is 1. The minimum atomic E-state index is -3.71. The number of rotatable bonds is 7. The van der Waals surface area contributed by atoms with Crippen LogP contribution < -0.4 is 14.5 Å². The van der Waals surface area contributed by atoms with Gasteiger partial charge in [0.2, 0.25) is 10.0 Å². The molecule has 8 nitrogen and oxygen atoms in total. The molecule has 2 rings (SSSR count). The number of amides is 1. The summed E-state index contributed by atoms with van der Waals surface area (Å²) in [6.45, 7) is -0.473. The Kier molecular flexibility index (Phi) is 7.28. The van der Waals surface area contributed by atoms with Crippen molar-refractivity contribution in [2.75, 3.05) is 24.2 Å². The number of hydrogen-bond acceptors (Lipinski definition) is 6. The lowest BCUT2D eigenvalue weighted by molar-refractivity contribution is -0.119. The molecule has 2 aromatic carbocycles. The third-order valence-electron chi connectivity index (χ3n) is 3.46. The maximum Gasteiger partial charge on any atom is 0.260 e. The SMILES string of the molecule is COc1cc(/C=N\NC(=O)CN(c2cccc(Cl)c2)S(C)(=O)=O)cc(Br)c1O. The van der Waals surface area contributed by atoms with Gasteiger partial charge in [-0.1, -0.05) is 17.7 Å². The molecule has 0 bridgehead atoms. The highest BCUT2D eigenvalue weighted by molar-refractivity contribution is 9.10. The molecule has 2 aromatic rings. The number of methoxy groups -OCH3 is 1. The molecule has 0 saturated carbocycles. The molecule has 0 radical (unpaired) electrons. The summed E-state index contributed by atoms with van der Waals surface area (Å²) in [5.41, 5.74) is 3.07. The lowest BCUT2D eigenvalue weighted by Crippen LogP contribution is -2.39. The van der Waals surface area contributed by atoms with Gasteiger partial charge in [0, 0.05) is 5.02 Å². The highest BCUT2D eigenvalue weighted by atomic mass is 79.9. The van der Waals surface area contributed by atoms with Gasteiger partial charge in [-0.15, -0.1) is 0 Å². The number of benzene rings is 2. The molecule has 0 aliphatic rings. The van der Waals surface area contributed by atoms with E-state index in [4.69, 9.17) is 16.3 Å². The van der Waals surface area contributed by atoms with E-state index >= 15 is 0 Å². The average Bonchev–Trinajstić information content (AvgIpc) is 2.61. The summed E-state index contributed by atoms with van der Waals surface area (Å²) in [5.74, 6) is -0.480. The van der Waals surface area contributed by atoms with Crippen molar-refractivity contribution >= 4 is 55.4 Å². The number of nitrogens with zero attached hydrogens (tertiary/aromatic N) is 2. The normalized spacial score (nSPS) is 11.4. The summed E-state index contributed by atoms with van der Waals surface area (Å²) in [4.78, 5) is 12.2. The smallest absolute Gasteiger partial charge is 0.260 e. The highest BCUT2D eigenvalue weighted by Crippen LogP contribution is 2.34. The molecule has 1 amide bonds. The second kappa shape index (κ2) is 9.26. The number of phenols is 1. The van der Waals surface area contributed by atoms with E-state index in [0.717, 1.165) is 10.6 Å². The zero-order chi connectivity index (χ0) is 20.9. The van der Waals surface area contributed by atoms with Crippen LogP contribution in [0, 0.1) is 0 Å². The fraction of sp³-hybridized carbons (Fsp3) is 0.176. The van der Waals surface area contributed by atoms with Crippen molar-refractivity contribution in [2.24, 2.45) is 5.10 Å². The van der Waals surface area contributed by atoms with Crippen LogP contribution in [0.5, 0.6) is 11.5 Å². The first-order chi connectivity index (χ1) is 13.1. The number of phenolic OH excluding ortho intramolecular Hbond substituents is 1. The molecule has 0 unspecified atom stereocenters. The molecule has 0 fully saturated rings. The number of ether oxygens (including phenoxy) is 1. The lowest BCUT2D eigenvalue weighted by atomic mass is 10.2. The maximum absolute atomic E-state index is 12.2. The van der Waals surface area contributed by atoms with Crippen molar-refractivity contribution in [1.82, 2.24) is 5.43 Å². The molecule has 28 heavy (non-hydrogen) atoms. The van der Waals surface area contributed by atoms with Gasteiger partial charge in [-0.3, -0.25) is 9.10 Å². The van der Waals surface area contributed by atoms with Gasteiger partial charge in [-0.25, -0.2) is 13.8 Å². The number of hydrogen-bond donors (Lipinski definition) is 2. The molecule has 0 aliphatic heterocycles. The van der Waals surface area contributed by atoms with Gasteiger partial charge in [-0.05, 0) is 51.8 Å². The summed E-state index contributed by atoms with van der Waals surface area (Å²) in [5, 5.41) is 13.9. The zero-order valence-electron chi connectivity index (χ0n) is 14.9. The number of nitrogens with one attached hydrogen (secondary N) is 1. The topological polar surface area (TPSA) is 108 Å². The minimum Gasteiger partial charge on any atom is -0.503 e. The Hall–Kier alpha value is -2.30. The van der Waals surface area contributed by atoms with Crippen LogP contribution in [0.15, 0.2) is 46.0 Å². The van der Waals surface area contributed by atoms with Crippen LogP contribution in [0.2, 0.25) is 5.02 Å². The van der Waals surface area contributed by atoms with Crippen LogP contribution in [-0.2, 0) is 14.8 Å². The fourth-order valence-electron chi connectivity index (χ4n) is 2.20. The second-order valence-electron chi connectivity index (χ2n) is 5.60. The largest absolute Gasteiger partial charge is 0.503 e. The molecule has 0 saturated heterocycles. The third kappa shape index (κ3) is 5.85. The predicted octanol–water partition coefficient (Wildman–Crippen LogP) is 2.73. The third-order valence-corrected chi connectivity index (χ3v) is 5.44. The van der Waals surface area contributed by atoms with Gasteiger partial charge < -0.3 is 9.84 Å². The van der Waals surface area contributed by atoms with Gasteiger partial charge >= 0.3 is 0 Å². The lowest BCUT2D eigenvalue weighted by Gasteiger charge is -2.21. The molecule has 150 valence electrons. The van der Waals surface area contributed by atoms with Gasteiger partial charge in [0.25, 0.3) is 5.91 Å². The van der Waals surface area contributed by atoms with Gasteiger partial charge in [-0.2, -0.15) is 5.10 Å². The first-order valence-electron chi connectivity index (χ1n) is 7.73. The number of halogens is 2. The Labute approximate surface area is 175 Å². The monoisotopic (exact) mass is 489 g/mol. The quantitative estimate of drug-likeness (QED) is 0.458. The predicted molar refractivity (Wildman–Crippen MR) is 112 cm³/mol. The maximum atomic E-state index is 12.2. The number of sulfonamides is 1. The van der Waals surface area contributed by atoms with Crippen molar-refractivity contribution in [3.8, 4) is 11.5 Å². The van der Waals surface area contributed by atoms with Gasteiger partial charge in [0.15, 0.2) is 11.5 Å². The second-order valence-corrected chi connectivity index (χ2v) is 8.79. The van der Waals surface area contributed by atoms with Crippen LogP contribution >= 0.6 is 27.5 Å². The molecule has 0 atom stereocenters. The summed E-state index contributed by atoms with van der Waals surface area (Å²) in [6.07, 6.45) is 2.32. The Balaban J connectivity index is 2.12. The summed E-state index contributed by atoms with van der Waals surface area (Å²) in [7, 11) is -2.31. The van der Waals surface area contributed by atoms with E-state index < -0.39 is 22.5 Å². The molecule has 0 aliphatic carbocycles. The van der Waals surface area contributed by atoms with E-state index in [1.165, 1.54) is 31.5 Å². The molecule has 11 heteroatoms. The van der Waals surface area contributed by atoms with Crippen molar-refractivity contribution < 1.29 is 23.1 Å². The Bertz CT molecular complexity index is 1010. The van der Waals surface area contributed by atoms with Crippen LogP contribution in [0.1, 0.15) is 5.56 Å². The van der Waals surface area contributed by atoms with Crippen LogP contribution in [0.4, 0.5) is 5.69 Å². The van der Waals surface area contributed by atoms with E-state index in [9.17, 15) is 18.3 Å². The number of carbonyl (C=O) groups is 1. The van der Waals surface area contributed by atoms with Crippen LogP contribution in [-0.4, -0.2) is 45.6 Å². The summed E-state index contributed by atoms with van der Waals surface area (Å²) < 4.78 is 30.4. The first kappa shape index (κ1) is 22.0. The van der Waals surface area contributed by atoms with Crippen LogP contribution in [0.25, 0.3) is 0 Å². The van der Waals surface area contributed by atoms with Crippen LogP contribution in [0.3, 0.4) is 0 Å². The Morgan fingerprint density at radius 1 is 1.39 bits per heavy atom. The molecular formula is C17H17BrClN3O5S. The molecule has 0 aromatic heterocycles. The average molecular weight is 491 g/mol.